The molecule has 0 radical (unpaired) electrons. The van der Waals surface area contributed by atoms with Crippen LogP contribution in [0.25, 0.3) is 0 Å². The van der Waals surface area contributed by atoms with E-state index in [0.29, 0.717) is 26.4 Å². The SMILES string of the molecule is CC1(C)COC2(COC(C)(C)OC2)OC1. The Labute approximate surface area is 90.8 Å². The van der Waals surface area contributed by atoms with Crippen LogP contribution >= 0.6 is 0 Å². The second-order valence-corrected chi connectivity index (χ2v) is 5.63. The number of hydrogen-bond acceptors (Lipinski definition) is 4. The van der Waals surface area contributed by atoms with Gasteiger partial charge in [-0.3, -0.25) is 0 Å². The van der Waals surface area contributed by atoms with E-state index in [1.165, 1.54) is 0 Å². The Bertz CT molecular complexity index is 197. The molecule has 4 nitrogen and oxygen atoms in total. The summed E-state index contributed by atoms with van der Waals surface area (Å²) >= 11 is 0. The van der Waals surface area contributed by atoms with Crippen LogP contribution in [0.3, 0.4) is 0 Å². The van der Waals surface area contributed by atoms with Gasteiger partial charge in [0.1, 0.15) is 13.2 Å². The summed E-state index contributed by atoms with van der Waals surface area (Å²) in [7, 11) is 0. The molecule has 0 amide bonds. The maximum atomic E-state index is 5.74. The van der Waals surface area contributed by atoms with Gasteiger partial charge in [-0.15, -0.1) is 0 Å². The summed E-state index contributed by atoms with van der Waals surface area (Å²) in [6, 6.07) is 0. The van der Waals surface area contributed by atoms with Crippen LogP contribution in [0.15, 0.2) is 0 Å². The third-order valence-corrected chi connectivity index (χ3v) is 2.73. The summed E-state index contributed by atoms with van der Waals surface area (Å²) in [6.45, 7) is 10.3. The lowest BCUT2D eigenvalue weighted by Gasteiger charge is -2.47. The van der Waals surface area contributed by atoms with E-state index in [0.717, 1.165) is 0 Å². The highest BCUT2D eigenvalue weighted by atomic mass is 16.8. The van der Waals surface area contributed by atoms with Crippen molar-refractivity contribution in [3.8, 4) is 0 Å². The third-order valence-electron chi connectivity index (χ3n) is 2.73. The highest BCUT2D eigenvalue weighted by molar-refractivity contribution is 4.83. The van der Waals surface area contributed by atoms with Gasteiger partial charge in [0.2, 0.25) is 5.79 Å². The third kappa shape index (κ3) is 2.50. The second-order valence-electron chi connectivity index (χ2n) is 5.63. The normalized spacial score (nSPS) is 32.8. The molecule has 88 valence electrons. The molecule has 2 heterocycles. The van der Waals surface area contributed by atoms with Crippen molar-refractivity contribution in [2.24, 2.45) is 5.41 Å². The van der Waals surface area contributed by atoms with E-state index in [1.54, 1.807) is 0 Å². The van der Waals surface area contributed by atoms with Gasteiger partial charge in [0.25, 0.3) is 0 Å². The average Bonchev–Trinajstić information content (AvgIpc) is 2.15. The molecule has 0 saturated carbocycles. The fourth-order valence-electron chi connectivity index (χ4n) is 1.55. The minimum atomic E-state index is -0.676. The van der Waals surface area contributed by atoms with Crippen molar-refractivity contribution in [3.63, 3.8) is 0 Å². The van der Waals surface area contributed by atoms with E-state index < -0.39 is 11.6 Å². The maximum absolute atomic E-state index is 5.74. The summed E-state index contributed by atoms with van der Waals surface area (Å²) in [5, 5.41) is 0. The van der Waals surface area contributed by atoms with Crippen LogP contribution < -0.4 is 0 Å². The smallest absolute Gasteiger partial charge is 0.216 e. The quantitative estimate of drug-likeness (QED) is 0.615. The van der Waals surface area contributed by atoms with E-state index in [1.807, 2.05) is 13.8 Å². The Hall–Kier alpha value is -0.160. The minimum Gasteiger partial charge on any atom is -0.345 e. The Kier molecular flexibility index (Phi) is 2.58. The molecule has 0 N–H and O–H groups in total. The molecule has 2 saturated heterocycles. The molecule has 0 aliphatic carbocycles. The van der Waals surface area contributed by atoms with Crippen LogP contribution in [-0.4, -0.2) is 38.0 Å². The van der Waals surface area contributed by atoms with Crippen LogP contribution in [0.2, 0.25) is 0 Å². The summed E-state index contributed by atoms with van der Waals surface area (Å²) in [6.07, 6.45) is 0. The molecule has 0 atom stereocenters. The number of hydrogen-bond donors (Lipinski definition) is 0. The van der Waals surface area contributed by atoms with E-state index in [-0.39, 0.29) is 5.41 Å². The van der Waals surface area contributed by atoms with Gasteiger partial charge < -0.3 is 18.9 Å². The van der Waals surface area contributed by atoms with Crippen LogP contribution in [0.5, 0.6) is 0 Å². The standard InChI is InChI=1S/C11H20O4/c1-9(2)5-14-11(15-6-9)7-12-10(3,4)13-8-11/h5-8H2,1-4H3. The molecule has 2 aliphatic heterocycles. The Morgan fingerprint density at radius 2 is 1.13 bits per heavy atom. The molecule has 1 spiro atoms. The number of ether oxygens (including phenoxy) is 4. The molecule has 0 unspecified atom stereocenters. The maximum Gasteiger partial charge on any atom is 0.216 e. The molecule has 0 aromatic carbocycles. The molecule has 0 aromatic rings. The van der Waals surface area contributed by atoms with Gasteiger partial charge in [0.05, 0.1) is 13.2 Å². The van der Waals surface area contributed by atoms with Crippen molar-refractivity contribution in [3.05, 3.63) is 0 Å². The first-order valence-electron chi connectivity index (χ1n) is 5.39. The summed E-state index contributed by atoms with van der Waals surface area (Å²) < 4.78 is 22.6. The van der Waals surface area contributed by atoms with Gasteiger partial charge in [-0.2, -0.15) is 0 Å². The lowest BCUT2D eigenvalue weighted by Crippen LogP contribution is -2.58. The summed E-state index contributed by atoms with van der Waals surface area (Å²) in [5.41, 5.74) is 0.0816. The van der Waals surface area contributed by atoms with E-state index in [4.69, 9.17) is 18.9 Å². The van der Waals surface area contributed by atoms with Gasteiger partial charge in [-0.25, -0.2) is 0 Å². The Balaban J connectivity index is 1.95. The van der Waals surface area contributed by atoms with E-state index >= 15 is 0 Å². The van der Waals surface area contributed by atoms with Crippen molar-refractivity contribution in [1.29, 1.82) is 0 Å². The fraction of sp³-hybridized carbons (Fsp3) is 1.00. The van der Waals surface area contributed by atoms with Gasteiger partial charge in [0, 0.05) is 5.41 Å². The number of rotatable bonds is 0. The first-order valence-corrected chi connectivity index (χ1v) is 5.39. The molecule has 2 fully saturated rings. The lowest BCUT2D eigenvalue weighted by atomic mass is 9.94. The molecule has 15 heavy (non-hydrogen) atoms. The first kappa shape index (κ1) is 11.3. The van der Waals surface area contributed by atoms with Crippen molar-refractivity contribution in [2.45, 2.75) is 39.3 Å². The van der Waals surface area contributed by atoms with Crippen LogP contribution in [0.4, 0.5) is 0 Å². The van der Waals surface area contributed by atoms with Crippen molar-refractivity contribution >= 4 is 0 Å². The van der Waals surface area contributed by atoms with Crippen LogP contribution in [0, 0.1) is 5.41 Å². The molecular formula is C11H20O4. The molecule has 4 heteroatoms. The highest BCUT2D eigenvalue weighted by Crippen LogP contribution is 2.34. The monoisotopic (exact) mass is 216 g/mol. The highest BCUT2D eigenvalue weighted by Gasteiger charge is 2.46. The van der Waals surface area contributed by atoms with Gasteiger partial charge in [-0.1, -0.05) is 13.8 Å². The predicted molar refractivity (Wildman–Crippen MR) is 54.4 cm³/mol. The van der Waals surface area contributed by atoms with Gasteiger partial charge in [-0.05, 0) is 13.8 Å². The van der Waals surface area contributed by atoms with Crippen molar-refractivity contribution in [2.75, 3.05) is 26.4 Å². The predicted octanol–water partition coefficient (Wildman–Crippen LogP) is 1.54. The average molecular weight is 216 g/mol. The van der Waals surface area contributed by atoms with Crippen molar-refractivity contribution in [1.82, 2.24) is 0 Å². The lowest BCUT2D eigenvalue weighted by molar-refractivity contribution is -0.401. The van der Waals surface area contributed by atoms with E-state index in [9.17, 15) is 0 Å². The fourth-order valence-corrected chi connectivity index (χ4v) is 1.55. The topological polar surface area (TPSA) is 36.9 Å². The second kappa shape index (κ2) is 3.42. The molecule has 0 bridgehead atoms. The largest absolute Gasteiger partial charge is 0.345 e. The van der Waals surface area contributed by atoms with Gasteiger partial charge >= 0.3 is 0 Å². The van der Waals surface area contributed by atoms with Crippen LogP contribution in [0.1, 0.15) is 27.7 Å². The molecule has 0 aromatic heterocycles. The Morgan fingerprint density at radius 1 is 0.667 bits per heavy atom. The van der Waals surface area contributed by atoms with Gasteiger partial charge in [0.15, 0.2) is 5.79 Å². The van der Waals surface area contributed by atoms with Crippen molar-refractivity contribution < 1.29 is 18.9 Å². The summed E-state index contributed by atoms with van der Waals surface area (Å²) in [4.78, 5) is 0. The molecular weight excluding hydrogens is 196 g/mol. The van der Waals surface area contributed by atoms with Crippen LogP contribution in [-0.2, 0) is 18.9 Å². The van der Waals surface area contributed by atoms with E-state index in [2.05, 4.69) is 13.8 Å². The first-order chi connectivity index (χ1) is 6.83. The minimum absolute atomic E-state index is 0.0816. The summed E-state index contributed by atoms with van der Waals surface area (Å²) in [5.74, 6) is -1.20. The molecule has 2 rings (SSSR count). The Morgan fingerprint density at radius 3 is 1.60 bits per heavy atom. The zero-order chi connectivity index (χ0) is 11.2. The zero-order valence-corrected chi connectivity index (χ0v) is 9.96. The zero-order valence-electron chi connectivity index (χ0n) is 9.96. The molecule has 2 aliphatic rings.